The van der Waals surface area contributed by atoms with E-state index < -0.39 is 0 Å². The van der Waals surface area contributed by atoms with Gasteiger partial charge in [0, 0.05) is 18.7 Å². The summed E-state index contributed by atoms with van der Waals surface area (Å²) in [6.45, 7) is 4.88. The predicted octanol–water partition coefficient (Wildman–Crippen LogP) is 1.43. The first-order chi connectivity index (χ1) is 7.22. The number of aromatic nitrogens is 3. The van der Waals surface area contributed by atoms with Gasteiger partial charge >= 0.3 is 0 Å². The molecule has 2 heterocycles. The molecule has 4 nitrogen and oxygen atoms in total. The Morgan fingerprint density at radius 3 is 2.80 bits per heavy atom. The highest BCUT2D eigenvalue weighted by atomic mass is 15.3. The van der Waals surface area contributed by atoms with Crippen LogP contribution in [0.3, 0.4) is 0 Å². The van der Waals surface area contributed by atoms with Gasteiger partial charge in [0.05, 0.1) is 0 Å². The standard InChI is InChI=1S/C11H16N4/c1-8(2)9(7-12)11-13-10-5-3-4-6-15(10)14-11/h3-6,8-9H,7,12H2,1-2H3. The van der Waals surface area contributed by atoms with E-state index in [4.69, 9.17) is 5.73 Å². The Hall–Kier alpha value is -1.42. The lowest BCUT2D eigenvalue weighted by Crippen LogP contribution is -2.19. The van der Waals surface area contributed by atoms with Gasteiger partial charge in [-0.2, -0.15) is 5.10 Å². The first-order valence-corrected chi connectivity index (χ1v) is 5.23. The molecule has 15 heavy (non-hydrogen) atoms. The Morgan fingerprint density at radius 2 is 2.20 bits per heavy atom. The van der Waals surface area contributed by atoms with Crippen LogP contribution in [0.2, 0.25) is 0 Å². The lowest BCUT2D eigenvalue weighted by atomic mass is 9.95. The molecular formula is C11H16N4. The van der Waals surface area contributed by atoms with Crippen LogP contribution < -0.4 is 5.73 Å². The fourth-order valence-corrected chi connectivity index (χ4v) is 1.68. The third kappa shape index (κ3) is 1.85. The molecule has 2 rings (SSSR count). The maximum absolute atomic E-state index is 5.74. The van der Waals surface area contributed by atoms with Gasteiger partial charge in [0.25, 0.3) is 0 Å². The Balaban J connectivity index is 2.43. The maximum atomic E-state index is 5.74. The summed E-state index contributed by atoms with van der Waals surface area (Å²) in [6, 6.07) is 5.85. The fourth-order valence-electron chi connectivity index (χ4n) is 1.68. The zero-order chi connectivity index (χ0) is 10.8. The molecule has 0 aliphatic carbocycles. The van der Waals surface area contributed by atoms with E-state index in [1.165, 1.54) is 0 Å². The average molecular weight is 204 g/mol. The summed E-state index contributed by atoms with van der Waals surface area (Å²) < 4.78 is 1.79. The molecule has 2 aromatic rings. The van der Waals surface area contributed by atoms with Gasteiger partial charge in [-0.05, 0) is 18.1 Å². The fraction of sp³-hybridized carbons (Fsp3) is 0.455. The van der Waals surface area contributed by atoms with Crippen molar-refractivity contribution in [1.82, 2.24) is 14.6 Å². The summed E-state index contributed by atoms with van der Waals surface area (Å²) in [6.07, 6.45) is 1.90. The highest BCUT2D eigenvalue weighted by Crippen LogP contribution is 2.20. The van der Waals surface area contributed by atoms with Crippen molar-refractivity contribution >= 4 is 5.65 Å². The smallest absolute Gasteiger partial charge is 0.156 e. The van der Waals surface area contributed by atoms with Crippen molar-refractivity contribution < 1.29 is 0 Å². The number of pyridine rings is 1. The molecule has 0 saturated heterocycles. The molecule has 80 valence electrons. The lowest BCUT2D eigenvalue weighted by Gasteiger charge is -2.14. The van der Waals surface area contributed by atoms with E-state index in [1.807, 2.05) is 24.4 Å². The summed E-state index contributed by atoms with van der Waals surface area (Å²) in [5.41, 5.74) is 6.62. The molecule has 0 saturated carbocycles. The topological polar surface area (TPSA) is 56.2 Å². The van der Waals surface area contributed by atoms with Crippen molar-refractivity contribution in [2.24, 2.45) is 11.7 Å². The second-order valence-corrected chi connectivity index (χ2v) is 4.06. The van der Waals surface area contributed by atoms with Gasteiger partial charge in [0.15, 0.2) is 11.5 Å². The van der Waals surface area contributed by atoms with E-state index >= 15 is 0 Å². The third-order valence-corrected chi connectivity index (χ3v) is 2.65. The minimum atomic E-state index is 0.241. The number of hydrogen-bond acceptors (Lipinski definition) is 3. The molecule has 0 bridgehead atoms. The summed E-state index contributed by atoms with van der Waals surface area (Å²) in [5.74, 6) is 1.55. The van der Waals surface area contributed by atoms with Crippen LogP contribution in [0.15, 0.2) is 24.4 Å². The van der Waals surface area contributed by atoms with Gasteiger partial charge in [-0.25, -0.2) is 9.50 Å². The van der Waals surface area contributed by atoms with Crippen molar-refractivity contribution in [2.45, 2.75) is 19.8 Å². The number of hydrogen-bond donors (Lipinski definition) is 1. The van der Waals surface area contributed by atoms with E-state index in [0.717, 1.165) is 11.5 Å². The van der Waals surface area contributed by atoms with Gasteiger partial charge in [0.2, 0.25) is 0 Å². The van der Waals surface area contributed by atoms with E-state index in [0.29, 0.717) is 12.5 Å². The average Bonchev–Trinajstić information content (AvgIpc) is 2.61. The molecule has 2 N–H and O–H groups in total. The number of rotatable bonds is 3. The normalized spacial score (nSPS) is 13.6. The van der Waals surface area contributed by atoms with Crippen LogP contribution in [0.5, 0.6) is 0 Å². The van der Waals surface area contributed by atoms with Crippen LogP contribution >= 0.6 is 0 Å². The molecule has 0 aliphatic heterocycles. The summed E-state index contributed by atoms with van der Waals surface area (Å²) in [7, 11) is 0. The zero-order valence-electron chi connectivity index (χ0n) is 9.09. The van der Waals surface area contributed by atoms with E-state index in [1.54, 1.807) is 4.52 Å². The summed E-state index contributed by atoms with van der Waals surface area (Å²) in [4.78, 5) is 4.48. The molecule has 0 aromatic carbocycles. The Morgan fingerprint density at radius 1 is 1.40 bits per heavy atom. The van der Waals surface area contributed by atoms with Crippen molar-refractivity contribution in [3.05, 3.63) is 30.2 Å². The monoisotopic (exact) mass is 204 g/mol. The SMILES string of the molecule is CC(C)C(CN)c1nc2ccccn2n1. The van der Waals surface area contributed by atoms with Crippen LogP contribution in [-0.2, 0) is 0 Å². The maximum Gasteiger partial charge on any atom is 0.156 e. The molecule has 4 heteroatoms. The number of nitrogens with zero attached hydrogens (tertiary/aromatic N) is 3. The second kappa shape index (κ2) is 3.98. The highest BCUT2D eigenvalue weighted by Gasteiger charge is 2.18. The van der Waals surface area contributed by atoms with E-state index in [2.05, 4.69) is 23.9 Å². The van der Waals surface area contributed by atoms with Crippen molar-refractivity contribution in [1.29, 1.82) is 0 Å². The van der Waals surface area contributed by atoms with Crippen LogP contribution in [-0.4, -0.2) is 21.1 Å². The molecule has 1 atom stereocenters. The van der Waals surface area contributed by atoms with Gasteiger partial charge in [-0.1, -0.05) is 19.9 Å². The quantitative estimate of drug-likeness (QED) is 0.822. The van der Waals surface area contributed by atoms with Crippen molar-refractivity contribution in [3.8, 4) is 0 Å². The van der Waals surface area contributed by atoms with Gasteiger partial charge in [-0.15, -0.1) is 0 Å². The van der Waals surface area contributed by atoms with Crippen LogP contribution in [0.25, 0.3) is 5.65 Å². The highest BCUT2D eigenvalue weighted by molar-refractivity contribution is 5.36. The summed E-state index contributed by atoms with van der Waals surface area (Å²) in [5, 5.41) is 4.43. The second-order valence-electron chi connectivity index (χ2n) is 4.06. The van der Waals surface area contributed by atoms with Crippen LogP contribution in [0.1, 0.15) is 25.6 Å². The first-order valence-electron chi connectivity index (χ1n) is 5.23. The van der Waals surface area contributed by atoms with E-state index in [9.17, 15) is 0 Å². The minimum Gasteiger partial charge on any atom is -0.330 e. The van der Waals surface area contributed by atoms with Gasteiger partial charge < -0.3 is 5.73 Å². The molecule has 0 aliphatic rings. The largest absolute Gasteiger partial charge is 0.330 e. The van der Waals surface area contributed by atoms with Crippen molar-refractivity contribution in [2.75, 3.05) is 6.54 Å². The Kier molecular flexibility index (Phi) is 2.68. The molecule has 0 fully saturated rings. The Bertz CT molecular complexity index is 414. The van der Waals surface area contributed by atoms with Gasteiger partial charge in [-0.3, -0.25) is 0 Å². The number of nitrogens with two attached hydrogens (primary N) is 1. The molecule has 0 radical (unpaired) electrons. The molecule has 0 spiro atoms. The molecule has 0 amide bonds. The Labute approximate surface area is 89.1 Å². The van der Waals surface area contributed by atoms with Crippen molar-refractivity contribution in [3.63, 3.8) is 0 Å². The number of fused-ring (bicyclic) bond motifs is 1. The van der Waals surface area contributed by atoms with E-state index in [-0.39, 0.29) is 5.92 Å². The third-order valence-electron chi connectivity index (χ3n) is 2.65. The zero-order valence-corrected chi connectivity index (χ0v) is 9.09. The minimum absolute atomic E-state index is 0.241. The molecule has 2 aromatic heterocycles. The van der Waals surface area contributed by atoms with Crippen LogP contribution in [0.4, 0.5) is 0 Å². The first kappa shape index (κ1) is 10.1. The summed E-state index contributed by atoms with van der Waals surface area (Å²) >= 11 is 0. The molecular weight excluding hydrogens is 188 g/mol. The van der Waals surface area contributed by atoms with Crippen LogP contribution in [0, 0.1) is 5.92 Å². The lowest BCUT2D eigenvalue weighted by molar-refractivity contribution is 0.483. The molecule has 1 unspecified atom stereocenters. The van der Waals surface area contributed by atoms with Gasteiger partial charge in [0.1, 0.15) is 0 Å². The predicted molar refractivity (Wildman–Crippen MR) is 59.6 cm³/mol.